The molecular formula is C14H8CoO4S2. The molecule has 2 aromatic carbocycles. The van der Waals surface area contributed by atoms with Crippen molar-refractivity contribution in [1.29, 1.82) is 0 Å². The fourth-order valence-corrected chi connectivity index (χ4v) is 3.85. The zero-order chi connectivity index (χ0) is 14.5. The second kappa shape index (κ2) is 8.13. The number of carboxylic acids is 2. The molecule has 0 saturated carbocycles. The summed E-state index contributed by atoms with van der Waals surface area (Å²) < 4.78 is 0. The maximum absolute atomic E-state index is 11.0. The monoisotopic (exact) mass is 363 g/mol. The van der Waals surface area contributed by atoms with Gasteiger partial charge in [0, 0.05) is 20.9 Å². The number of hydrogen-bond donors (Lipinski definition) is 0. The smallest absolute Gasteiger partial charge is 0.545 e. The van der Waals surface area contributed by atoms with Crippen LogP contribution in [0.3, 0.4) is 0 Å². The molecule has 21 heavy (non-hydrogen) atoms. The van der Waals surface area contributed by atoms with Gasteiger partial charge in [0.05, 0.1) is 11.9 Å². The molecule has 4 nitrogen and oxygen atoms in total. The molecule has 0 bridgehead atoms. The van der Waals surface area contributed by atoms with Crippen LogP contribution in [-0.2, 0) is 16.8 Å². The Bertz CT molecular complexity index is 603. The molecule has 0 amide bonds. The molecular weight excluding hydrogens is 355 g/mol. The van der Waals surface area contributed by atoms with Crippen LogP contribution in [0, 0.1) is 0 Å². The summed E-state index contributed by atoms with van der Waals surface area (Å²) in [5.74, 6) is -2.52. The Morgan fingerprint density at radius 2 is 1.05 bits per heavy atom. The van der Waals surface area contributed by atoms with Gasteiger partial charge in [0.25, 0.3) is 0 Å². The predicted octanol–water partition coefficient (Wildman–Crippen LogP) is 1.21. The van der Waals surface area contributed by atoms with Crippen molar-refractivity contribution < 1.29 is 36.6 Å². The van der Waals surface area contributed by atoms with E-state index in [0.29, 0.717) is 9.79 Å². The van der Waals surface area contributed by atoms with Crippen LogP contribution in [0.15, 0.2) is 58.3 Å². The van der Waals surface area contributed by atoms with Crippen LogP contribution in [-0.4, -0.2) is 11.9 Å². The van der Waals surface area contributed by atoms with Crippen molar-refractivity contribution in [1.82, 2.24) is 0 Å². The first-order valence-corrected chi connectivity index (χ1v) is 7.70. The largest absolute Gasteiger partial charge is 2.00 e. The van der Waals surface area contributed by atoms with E-state index in [-0.39, 0.29) is 27.9 Å². The van der Waals surface area contributed by atoms with E-state index in [0.717, 1.165) is 21.6 Å². The number of aromatic carboxylic acids is 2. The van der Waals surface area contributed by atoms with Crippen molar-refractivity contribution in [2.75, 3.05) is 0 Å². The van der Waals surface area contributed by atoms with Gasteiger partial charge >= 0.3 is 16.8 Å². The third-order valence-corrected chi connectivity index (χ3v) is 4.92. The molecule has 0 aliphatic heterocycles. The van der Waals surface area contributed by atoms with Crippen molar-refractivity contribution in [2.45, 2.75) is 9.79 Å². The summed E-state index contributed by atoms with van der Waals surface area (Å²) in [6.45, 7) is 0. The van der Waals surface area contributed by atoms with Crippen molar-refractivity contribution in [3.8, 4) is 0 Å². The summed E-state index contributed by atoms with van der Waals surface area (Å²) in [5, 5.41) is 21.9. The maximum atomic E-state index is 11.0. The quantitative estimate of drug-likeness (QED) is 0.743. The van der Waals surface area contributed by atoms with Gasteiger partial charge in [0.15, 0.2) is 0 Å². The summed E-state index contributed by atoms with van der Waals surface area (Å²) in [6.07, 6.45) is 0. The summed E-state index contributed by atoms with van der Waals surface area (Å²) in [7, 11) is 2.33. The average molecular weight is 363 g/mol. The number of carboxylic acid groups (broad SMARTS) is 2. The van der Waals surface area contributed by atoms with Crippen LogP contribution in [0.25, 0.3) is 0 Å². The van der Waals surface area contributed by atoms with Gasteiger partial charge < -0.3 is 19.8 Å². The standard InChI is InChI=1S/C14H10O4S2.Co/c15-13(16)9-5-1-3-7-11(9)19-20-12-8-4-2-6-10(12)14(17)18;/h1-8H,(H,15,16)(H,17,18);/q;+2/p-2. The minimum absolute atomic E-state index is 0. The number of rotatable bonds is 5. The molecule has 2 rings (SSSR count). The van der Waals surface area contributed by atoms with Crippen molar-refractivity contribution in [3.63, 3.8) is 0 Å². The fourth-order valence-electron chi connectivity index (χ4n) is 1.51. The molecule has 0 spiro atoms. The summed E-state index contributed by atoms with van der Waals surface area (Å²) in [5.41, 5.74) is 0.159. The van der Waals surface area contributed by atoms with Crippen LogP contribution in [0.2, 0.25) is 0 Å². The SMILES string of the molecule is O=C([O-])c1ccccc1SSc1ccccc1C(=O)[O-].[Co+2]. The second-order valence-electron chi connectivity index (χ2n) is 3.73. The Morgan fingerprint density at radius 1 is 0.714 bits per heavy atom. The Morgan fingerprint density at radius 3 is 1.38 bits per heavy atom. The van der Waals surface area contributed by atoms with E-state index in [1.165, 1.54) is 12.1 Å². The Hall–Kier alpha value is -1.41. The van der Waals surface area contributed by atoms with Crippen molar-refractivity contribution in [2.24, 2.45) is 0 Å². The van der Waals surface area contributed by atoms with Crippen LogP contribution >= 0.6 is 21.6 Å². The Kier molecular flexibility index (Phi) is 6.83. The van der Waals surface area contributed by atoms with Gasteiger partial charge in [-0.3, -0.25) is 0 Å². The van der Waals surface area contributed by atoms with E-state index in [9.17, 15) is 19.8 Å². The van der Waals surface area contributed by atoms with E-state index in [4.69, 9.17) is 0 Å². The van der Waals surface area contributed by atoms with E-state index in [1.54, 1.807) is 36.4 Å². The van der Waals surface area contributed by atoms with Gasteiger partial charge in [-0.25, -0.2) is 0 Å². The number of hydrogen-bond acceptors (Lipinski definition) is 6. The molecule has 0 atom stereocenters. The van der Waals surface area contributed by atoms with Gasteiger partial charge in [0.2, 0.25) is 0 Å². The summed E-state index contributed by atoms with van der Waals surface area (Å²) >= 11 is 0. The number of carbonyl (C=O) groups is 2. The first-order chi connectivity index (χ1) is 9.59. The molecule has 0 fully saturated rings. The third kappa shape index (κ3) is 4.53. The molecule has 1 radical (unpaired) electrons. The first kappa shape index (κ1) is 17.6. The molecule has 0 N–H and O–H groups in total. The minimum Gasteiger partial charge on any atom is -0.545 e. The molecule has 0 aliphatic rings. The number of carbonyl (C=O) groups excluding carboxylic acids is 2. The first-order valence-electron chi connectivity index (χ1n) is 5.55. The van der Waals surface area contributed by atoms with Gasteiger partial charge in [-0.15, -0.1) is 0 Å². The van der Waals surface area contributed by atoms with E-state index in [1.807, 2.05) is 0 Å². The number of benzene rings is 2. The predicted molar refractivity (Wildman–Crippen MR) is 73.3 cm³/mol. The normalized spacial score (nSPS) is 9.71. The van der Waals surface area contributed by atoms with Gasteiger partial charge in [-0.05, 0) is 12.1 Å². The second-order valence-corrected chi connectivity index (χ2v) is 5.95. The van der Waals surface area contributed by atoms with Gasteiger partial charge in [-0.2, -0.15) is 0 Å². The molecule has 2 aromatic rings. The van der Waals surface area contributed by atoms with Crippen molar-refractivity contribution in [3.05, 3.63) is 59.7 Å². The van der Waals surface area contributed by atoms with Crippen LogP contribution in [0.1, 0.15) is 20.7 Å². The molecule has 0 heterocycles. The minimum atomic E-state index is -1.26. The Balaban J connectivity index is 0.00000220. The molecule has 0 aliphatic carbocycles. The molecule has 0 aromatic heterocycles. The van der Waals surface area contributed by atoms with Crippen LogP contribution in [0.4, 0.5) is 0 Å². The van der Waals surface area contributed by atoms with E-state index >= 15 is 0 Å². The third-order valence-electron chi connectivity index (χ3n) is 2.44. The summed E-state index contributed by atoms with van der Waals surface area (Å²) in [6, 6.07) is 12.8. The Labute approximate surface area is 139 Å². The zero-order valence-corrected chi connectivity index (χ0v) is 13.1. The van der Waals surface area contributed by atoms with Crippen molar-refractivity contribution >= 4 is 33.5 Å². The zero-order valence-electron chi connectivity index (χ0n) is 10.4. The maximum Gasteiger partial charge on any atom is 2.00 e. The fraction of sp³-hybridized carbons (Fsp3) is 0. The summed E-state index contributed by atoms with van der Waals surface area (Å²) in [4.78, 5) is 23.0. The topological polar surface area (TPSA) is 80.3 Å². The van der Waals surface area contributed by atoms with E-state index in [2.05, 4.69) is 0 Å². The average Bonchev–Trinajstić information content (AvgIpc) is 2.45. The van der Waals surface area contributed by atoms with Gasteiger partial charge in [0.1, 0.15) is 0 Å². The molecule has 109 valence electrons. The molecule has 7 heteroatoms. The van der Waals surface area contributed by atoms with Gasteiger partial charge in [-0.1, -0.05) is 58.0 Å². The van der Waals surface area contributed by atoms with Crippen LogP contribution in [0.5, 0.6) is 0 Å². The van der Waals surface area contributed by atoms with E-state index < -0.39 is 11.9 Å². The molecule has 0 saturated heterocycles. The van der Waals surface area contributed by atoms with Crippen LogP contribution < -0.4 is 10.2 Å². The molecule has 0 unspecified atom stereocenters.